The number of halogens is 2. The van der Waals surface area contributed by atoms with Crippen LogP contribution >= 0.6 is 0 Å². The van der Waals surface area contributed by atoms with Crippen molar-refractivity contribution in [1.82, 2.24) is 5.32 Å². The molecule has 0 aromatic carbocycles. The van der Waals surface area contributed by atoms with Crippen molar-refractivity contribution >= 4 is 5.97 Å². The molecule has 2 N–H and O–H groups in total. The minimum atomic E-state index is -2.33. The van der Waals surface area contributed by atoms with Crippen molar-refractivity contribution in [2.75, 3.05) is 6.54 Å². The van der Waals surface area contributed by atoms with E-state index in [-0.39, 0.29) is 18.5 Å². The van der Waals surface area contributed by atoms with Crippen LogP contribution in [-0.4, -0.2) is 30.1 Å². The third-order valence-electron chi connectivity index (χ3n) is 2.64. The number of alkyl halides is 2. The Hall–Kier alpha value is -0.710. The van der Waals surface area contributed by atoms with Gasteiger partial charge in [0, 0.05) is 6.04 Å². The number of hydrogen-bond acceptors (Lipinski definition) is 2. The lowest BCUT2D eigenvalue weighted by Gasteiger charge is -2.26. The van der Waals surface area contributed by atoms with Gasteiger partial charge in [0.2, 0.25) is 0 Å². The number of hydrogen-bond donors (Lipinski definition) is 2. The van der Waals surface area contributed by atoms with Crippen LogP contribution in [0, 0.1) is 5.92 Å². The number of rotatable bonds is 4. The van der Waals surface area contributed by atoms with E-state index in [1.807, 2.05) is 0 Å². The molecule has 0 aromatic heterocycles. The summed E-state index contributed by atoms with van der Waals surface area (Å²) in [5, 5.41) is 11.4. The van der Waals surface area contributed by atoms with Crippen LogP contribution in [-0.2, 0) is 4.79 Å². The highest BCUT2D eigenvalue weighted by atomic mass is 19.3. The zero-order valence-electron chi connectivity index (χ0n) is 7.88. The summed E-state index contributed by atoms with van der Waals surface area (Å²) in [6.07, 6.45) is 0.229. The molecule has 0 unspecified atom stereocenters. The van der Waals surface area contributed by atoms with Crippen molar-refractivity contribution < 1.29 is 18.7 Å². The van der Waals surface area contributed by atoms with E-state index in [0.29, 0.717) is 25.7 Å². The zero-order chi connectivity index (χ0) is 10.6. The molecule has 1 rings (SSSR count). The van der Waals surface area contributed by atoms with Gasteiger partial charge in [-0.05, 0) is 25.7 Å². The Morgan fingerprint density at radius 1 is 1.36 bits per heavy atom. The molecule has 0 atom stereocenters. The molecule has 0 bridgehead atoms. The van der Waals surface area contributed by atoms with Gasteiger partial charge in [-0.15, -0.1) is 0 Å². The third-order valence-corrected chi connectivity index (χ3v) is 2.64. The van der Waals surface area contributed by atoms with Crippen LogP contribution in [0.3, 0.4) is 0 Å². The first-order valence-electron chi connectivity index (χ1n) is 4.84. The highest BCUT2D eigenvalue weighted by Crippen LogP contribution is 2.24. The summed E-state index contributed by atoms with van der Waals surface area (Å²) in [5.74, 6) is -1.04. The van der Waals surface area contributed by atoms with Gasteiger partial charge in [0.1, 0.15) is 0 Å². The van der Waals surface area contributed by atoms with Crippen molar-refractivity contribution in [1.29, 1.82) is 0 Å². The predicted molar refractivity (Wildman–Crippen MR) is 47.4 cm³/mol. The SMILES string of the molecule is O=C(O)C1CCC(NCC(F)F)CC1. The molecule has 1 aliphatic carbocycles. The summed E-state index contributed by atoms with van der Waals surface area (Å²) in [6.45, 7) is -0.289. The second kappa shape index (κ2) is 5.24. The van der Waals surface area contributed by atoms with Crippen molar-refractivity contribution in [3.05, 3.63) is 0 Å². The molecular formula is C9H15F2NO2. The molecule has 0 aliphatic heterocycles. The molecule has 14 heavy (non-hydrogen) atoms. The van der Waals surface area contributed by atoms with Crippen molar-refractivity contribution in [3.8, 4) is 0 Å². The highest BCUT2D eigenvalue weighted by molar-refractivity contribution is 5.70. The van der Waals surface area contributed by atoms with Crippen LogP contribution in [0.4, 0.5) is 8.78 Å². The first-order chi connectivity index (χ1) is 6.59. The molecule has 0 aromatic rings. The zero-order valence-corrected chi connectivity index (χ0v) is 7.88. The fourth-order valence-corrected chi connectivity index (χ4v) is 1.80. The summed E-state index contributed by atoms with van der Waals surface area (Å²) >= 11 is 0. The fourth-order valence-electron chi connectivity index (χ4n) is 1.80. The number of carboxylic acids is 1. The quantitative estimate of drug-likeness (QED) is 0.734. The van der Waals surface area contributed by atoms with Gasteiger partial charge in [0.25, 0.3) is 6.43 Å². The molecule has 0 spiro atoms. The number of carboxylic acid groups (broad SMARTS) is 1. The summed E-state index contributed by atoms with van der Waals surface area (Å²) < 4.78 is 23.7. The Morgan fingerprint density at radius 3 is 2.36 bits per heavy atom. The van der Waals surface area contributed by atoms with E-state index in [2.05, 4.69) is 5.32 Å². The number of carbonyl (C=O) groups is 1. The van der Waals surface area contributed by atoms with Gasteiger partial charge in [0.05, 0.1) is 12.5 Å². The first kappa shape index (κ1) is 11.4. The molecule has 1 aliphatic rings. The topological polar surface area (TPSA) is 49.3 Å². The van der Waals surface area contributed by atoms with Crippen LogP contribution in [0.25, 0.3) is 0 Å². The Labute approximate surface area is 81.5 Å². The predicted octanol–water partition coefficient (Wildman–Crippen LogP) is 1.48. The molecular weight excluding hydrogens is 192 g/mol. The Bertz CT molecular complexity index is 191. The van der Waals surface area contributed by atoms with Crippen molar-refractivity contribution in [2.45, 2.75) is 38.2 Å². The fraction of sp³-hybridized carbons (Fsp3) is 0.889. The van der Waals surface area contributed by atoms with Crippen LogP contribution < -0.4 is 5.32 Å². The minimum absolute atomic E-state index is 0.0691. The maximum absolute atomic E-state index is 11.8. The van der Waals surface area contributed by atoms with Gasteiger partial charge in [-0.2, -0.15) is 0 Å². The Balaban J connectivity index is 2.19. The lowest BCUT2D eigenvalue weighted by Crippen LogP contribution is -2.37. The normalized spacial score (nSPS) is 27.9. The van der Waals surface area contributed by atoms with Gasteiger partial charge in [-0.1, -0.05) is 0 Å². The van der Waals surface area contributed by atoms with Crippen LogP contribution in [0.5, 0.6) is 0 Å². The molecule has 0 amide bonds. The van der Waals surface area contributed by atoms with Crippen LogP contribution in [0.15, 0.2) is 0 Å². The molecule has 0 radical (unpaired) electrons. The molecule has 1 saturated carbocycles. The Kier molecular flexibility index (Phi) is 4.25. The van der Waals surface area contributed by atoms with Crippen LogP contribution in [0.1, 0.15) is 25.7 Å². The standard InChI is InChI=1S/C9H15F2NO2/c10-8(11)5-12-7-3-1-6(2-4-7)9(13)14/h6-8,12H,1-5H2,(H,13,14). The van der Waals surface area contributed by atoms with E-state index in [1.54, 1.807) is 0 Å². The monoisotopic (exact) mass is 207 g/mol. The van der Waals surface area contributed by atoms with Crippen LogP contribution in [0.2, 0.25) is 0 Å². The first-order valence-corrected chi connectivity index (χ1v) is 4.84. The summed E-state index contributed by atoms with van der Waals surface area (Å²) in [4.78, 5) is 10.6. The molecule has 5 heteroatoms. The van der Waals surface area contributed by atoms with Gasteiger partial charge >= 0.3 is 5.97 Å². The second-order valence-electron chi connectivity index (χ2n) is 3.69. The summed E-state index contributed by atoms with van der Waals surface area (Å²) in [7, 11) is 0. The average Bonchev–Trinajstić information content (AvgIpc) is 2.15. The van der Waals surface area contributed by atoms with E-state index in [4.69, 9.17) is 5.11 Å². The number of aliphatic carboxylic acids is 1. The van der Waals surface area contributed by atoms with E-state index in [1.165, 1.54) is 0 Å². The van der Waals surface area contributed by atoms with Gasteiger partial charge in [0.15, 0.2) is 0 Å². The molecule has 1 fully saturated rings. The lowest BCUT2D eigenvalue weighted by molar-refractivity contribution is -0.142. The van der Waals surface area contributed by atoms with Gasteiger partial charge in [-0.3, -0.25) is 4.79 Å². The Morgan fingerprint density at radius 2 is 1.93 bits per heavy atom. The largest absolute Gasteiger partial charge is 0.481 e. The minimum Gasteiger partial charge on any atom is -0.481 e. The van der Waals surface area contributed by atoms with Gasteiger partial charge in [-0.25, -0.2) is 8.78 Å². The van der Waals surface area contributed by atoms with Gasteiger partial charge < -0.3 is 10.4 Å². The lowest BCUT2D eigenvalue weighted by atomic mass is 9.86. The van der Waals surface area contributed by atoms with E-state index in [9.17, 15) is 13.6 Å². The summed E-state index contributed by atoms with van der Waals surface area (Å²) in [5.41, 5.74) is 0. The maximum Gasteiger partial charge on any atom is 0.306 e. The highest BCUT2D eigenvalue weighted by Gasteiger charge is 2.25. The molecule has 82 valence electrons. The van der Waals surface area contributed by atoms with E-state index in [0.717, 1.165) is 0 Å². The van der Waals surface area contributed by atoms with Crippen molar-refractivity contribution in [3.63, 3.8) is 0 Å². The summed E-state index contributed by atoms with van der Waals surface area (Å²) in [6, 6.07) is 0.0691. The average molecular weight is 207 g/mol. The van der Waals surface area contributed by atoms with E-state index < -0.39 is 12.4 Å². The molecule has 0 saturated heterocycles. The molecule has 3 nitrogen and oxygen atoms in total. The smallest absolute Gasteiger partial charge is 0.306 e. The van der Waals surface area contributed by atoms with E-state index >= 15 is 0 Å². The second-order valence-corrected chi connectivity index (χ2v) is 3.69. The number of nitrogens with one attached hydrogen (secondary N) is 1. The molecule has 0 heterocycles. The maximum atomic E-state index is 11.8. The third kappa shape index (κ3) is 3.57. The van der Waals surface area contributed by atoms with Crippen molar-refractivity contribution in [2.24, 2.45) is 5.92 Å².